The minimum Gasteiger partial charge on any atom is -0.308 e. The molecular formula is C10H16N2S. The summed E-state index contributed by atoms with van der Waals surface area (Å²) in [5.74, 6) is 0.930. The zero-order chi connectivity index (χ0) is 9.26. The lowest BCUT2D eigenvalue weighted by atomic mass is 10.2. The smallest absolute Gasteiger partial charge is 0.0897 e. The van der Waals surface area contributed by atoms with Gasteiger partial charge in [-0.25, -0.2) is 4.98 Å². The third kappa shape index (κ3) is 2.51. The molecule has 72 valence electrons. The molecule has 0 bridgehead atoms. The molecule has 0 aliphatic heterocycles. The van der Waals surface area contributed by atoms with Gasteiger partial charge in [0.1, 0.15) is 0 Å². The molecule has 1 aliphatic carbocycles. The Morgan fingerprint density at radius 2 is 2.46 bits per heavy atom. The quantitative estimate of drug-likeness (QED) is 0.799. The van der Waals surface area contributed by atoms with Gasteiger partial charge in [-0.2, -0.15) is 0 Å². The van der Waals surface area contributed by atoms with E-state index >= 15 is 0 Å². The van der Waals surface area contributed by atoms with Gasteiger partial charge in [-0.3, -0.25) is 0 Å². The van der Waals surface area contributed by atoms with Gasteiger partial charge in [0.25, 0.3) is 0 Å². The summed E-state index contributed by atoms with van der Waals surface area (Å²) >= 11 is 1.73. The van der Waals surface area contributed by atoms with Gasteiger partial charge < -0.3 is 5.32 Å². The third-order valence-electron chi connectivity index (χ3n) is 2.60. The molecule has 3 heteroatoms. The van der Waals surface area contributed by atoms with Gasteiger partial charge in [-0.15, -0.1) is 11.3 Å². The van der Waals surface area contributed by atoms with Gasteiger partial charge in [-0.05, 0) is 32.6 Å². The molecule has 0 radical (unpaired) electrons. The highest BCUT2D eigenvalue weighted by atomic mass is 32.1. The molecule has 1 heterocycles. The molecule has 1 N–H and O–H groups in total. The van der Waals surface area contributed by atoms with Gasteiger partial charge in [-0.1, -0.05) is 0 Å². The summed E-state index contributed by atoms with van der Waals surface area (Å²) in [7, 11) is 0. The van der Waals surface area contributed by atoms with E-state index in [1.807, 2.05) is 0 Å². The van der Waals surface area contributed by atoms with Crippen LogP contribution >= 0.6 is 11.3 Å². The molecular weight excluding hydrogens is 180 g/mol. The van der Waals surface area contributed by atoms with Crippen LogP contribution in [-0.4, -0.2) is 11.0 Å². The van der Waals surface area contributed by atoms with Gasteiger partial charge in [0.05, 0.1) is 10.7 Å². The van der Waals surface area contributed by atoms with E-state index < -0.39 is 0 Å². The maximum absolute atomic E-state index is 4.42. The molecule has 1 aliphatic rings. The van der Waals surface area contributed by atoms with Gasteiger partial charge in [0.15, 0.2) is 0 Å². The van der Waals surface area contributed by atoms with E-state index in [1.54, 1.807) is 11.3 Å². The maximum atomic E-state index is 4.42. The van der Waals surface area contributed by atoms with Crippen molar-refractivity contribution in [3.8, 4) is 0 Å². The van der Waals surface area contributed by atoms with Crippen LogP contribution in [-0.2, 0) is 6.54 Å². The topological polar surface area (TPSA) is 24.9 Å². The summed E-state index contributed by atoms with van der Waals surface area (Å²) in [5.41, 5.74) is 1.19. The van der Waals surface area contributed by atoms with Crippen LogP contribution in [0.2, 0.25) is 0 Å². The fourth-order valence-electron chi connectivity index (χ4n) is 1.52. The Balaban J connectivity index is 1.78. The summed E-state index contributed by atoms with van der Waals surface area (Å²) < 4.78 is 0. The molecule has 13 heavy (non-hydrogen) atoms. The average molecular weight is 196 g/mol. The molecule has 0 saturated heterocycles. The number of nitrogens with zero attached hydrogens (tertiary/aromatic N) is 1. The minimum absolute atomic E-state index is 0.669. The Kier molecular flexibility index (Phi) is 2.65. The van der Waals surface area contributed by atoms with E-state index in [0.29, 0.717) is 6.04 Å². The SMILES string of the molecule is Cc1nc(CNC(C)C2CC2)cs1. The van der Waals surface area contributed by atoms with Crippen LogP contribution in [0.15, 0.2) is 5.38 Å². The van der Waals surface area contributed by atoms with Crippen molar-refractivity contribution in [1.29, 1.82) is 0 Å². The van der Waals surface area contributed by atoms with E-state index in [4.69, 9.17) is 0 Å². The Morgan fingerprint density at radius 1 is 1.69 bits per heavy atom. The van der Waals surface area contributed by atoms with Crippen LogP contribution in [0.3, 0.4) is 0 Å². The van der Waals surface area contributed by atoms with Crippen molar-refractivity contribution in [3.63, 3.8) is 0 Å². The lowest BCUT2D eigenvalue weighted by Gasteiger charge is -2.10. The number of hydrogen-bond acceptors (Lipinski definition) is 3. The summed E-state index contributed by atoms with van der Waals surface area (Å²) in [4.78, 5) is 4.42. The molecule has 1 atom stereocenters. The summed E-state index contributed by atoms with van der Waals surface area (Å²) in [6, 6.07) is 0.669. The van der Waals surface area contributed by atoms with E-state index in [1.165, 1.54) is 18.5 Å². The molecule has 1 saturated carbocycles. The number of aromatic nitrogens is 1. The number of thiazole rings is 1. The fourth-order valence-corrected chi connectivity index (χ4v) is 2.13. The van der Waals surface area contributed by atoms with E-state index in [-0.39, 0.29) is 0 Å². The van der Waals surface area contributed by atoms with Crippen LogP contribution in [0.1, 0.15) is 30.5 Å². The monoisotopic (exact) mass is 196 g/mol. The van der Waals surface area contributed by atoms with E-state index in [2.05, 4.69) is 29.5 Å². The third-order valence-corrected chi connectivity index (χ3v) is 3.42. The van der Waals surface area contributed by atoms with Crippen LogP contribution in [0.4, 0.5) is 0 Å². The molecule has 1 unspecified atom stereocenters. The summed E-state index contributed by atoms with van der Waals surface area (Å²) in [5, 5.41) is 6.82. The Hall–Kier alpha value is -0.410. The van der Waals surface area contributed by atoms with Gasteiger partial charge in [0.2, 0.25) is 0 Å². The van der Waals surface area contributed by atoms with Crippen molar-refractivity contribution in [2.45, 2.75) is 39.3 Å². The second-order valence-corrected chi connectivity index (χ2v) is 4.93. The molecule has 2 nitrogen and oxygen atoms in total. The highest BCUT2D eigenvalue weighted by molar-refractivity contribution is 7.09. The number of hydrogen-bond donors (Lipinski definition) is 1. The predicted octanol–water partition coefficient (Wildman–Crippen LogP) is 2.34. The molecule has 0 aromatic carbocycles. The Bertz CT molecular complexity index is 278. The van der Waals surface area contributed by atoms with Crippen LogP contribution in [0.5, 0.6) is 0 Å². The van der Waals surface area contributed by atoms with Crippen molar-refractivity contribution >= 4 is 11.3 Å². The number of nitrogens with one attached hydrogen (secondary N) is 1. The second kappa shape index (κ2) is 3.76. The number of rotatable bonds is 4. The van der Waals surface area contributed by atoms with Crippen molar-refractivity contribution in [2.24, 2.45) is 5.92 Å². The van der Waals surface area contributed by atoms with Crippen molar-refractivity contribution in [1.82, 2.24) is 10.3 Å². The van der Waals surface area contributed by atoms with Crippen LogP contribution in [0.25, 0.3) is 0 Å². The minimum atomic E-state index is 0.669. The Morgan fingerprint density at radius 3 is 3.00 bits per heavy atom. The van der Waals surface area contributed by atoms with Crippen LogP contribution in [0, 0.1) is 12.8 Å². The zero-order valence-electron chi connectivity index (χ0n) is 8.21. The molecule has 1 fully saturated rings. The maximum Gasteiger partial charge on any atom is 0.0897 e. The molecule has 0 amide bonds. The first-order valence-electron chi connectivity index (χ1n) is 4.90. The summed E-state index contributed by atoms with van der Waals surface area (Å²) in [6.07, 6.45) is 2.81. The standard InChI is InChI=1S/C10H16N2S/c1-7(9-3-4-9)11-5-10-6-13-8(2)12-10/h6-7,9,11H,3-5H2,1-2H3. The van der Waals surface area contributed by atoms with Crippen LogP contribution < -0.4 is 5.32 Å². The average Bonchev–Trinajstić information content (AvgIpc) is 2.87. The zero-order valence-corrected chi connectivity index (χ0v) is 9.03. The predicted molar refractivity (Wildman–Crippen MR) is 55.9 cm³/mol. The second-order valence-electron chi connectivity index (χ2n) is 3.86. The van der Waals surface area contributed by atoms with E-state index in [0.717, 1.165) is 17.5 Å². The normalized spacial score (nSPS) is 18.9. The molecule has 0 spiro atoms. The molecule has 2 rings (SSSR count). The summed E-state index contributed by atoms with van der Waals surface area (Å²) in [6.45, 7) is 5.26. The van der Waals surface area contributed by atoms with E-state index in [9.17, 15) is 0 Å². The van der Waals surface area contributed by atoms with Crippen molar-refractivity contribution in [3.05, 3.63) is 16.1 Å². The first-order valence-corrected chi connectivity index (χ1v) is 5.78. The largest absolute Gasteiger partial charge is 0.308 e. The van der Waals surface area contributed by atoms with Crippen molar-refractivity contribution < 1.29 is 0 Å². The highest BCUT2D eigenvalue weighted by Crippen LogP contribution is 2.32. The van der Waals surface area contributed by atoms with Crippen molar-refractivity contribution in [2.75, 3.05) is 0 Å². The first kappa shape index (κ1) is 9.16. The molecule has 1 aromatic rings. The fraction of sp³-hybridized carbons (Fsp3) is 0.700. The highest BCUT2D eigenvalue weighted by Gasteiger charge is 2.27. The van der Waals surface area contributed by atoms with Gasteiger partial charge in [0, 0.05) is 18.0 Å². The lowest BCUT2D eigenvalue weighted by molar-refractivity contribution is 0.493. The first-order chi connectivity index (χ1) is 6.25. The number of aryl methyl sites for hydroxylation is 1. The Labute approximate surface area is 83.4 Å². The lowest BCUT2D eigenvalue weighted by Crippen LogP contribution is -2.27. The molecule has 1 aromatic heterocycles. The van der Waals surface area contributed by atoms with Gasteiger partial charge >= 0.3 is 0 Å².